The molecule has 1 atom stereocenters. The first-order valence-electron chi connectivity index (χ1n) is 11.8. The zero-order valence-corrected chi connectivity index (χ0v) is 20.6. The molecule has 2 aliphatic rings. The molecule has 0 aliphatic carbocycles. The maximum Gasteiger partial charge on any atom is 0.282 e. The number of nitrogen functional groups attached to an aromatic ring is 1. The van der Waals surface area contributed by atoms with Crippen LogP contribution in [0.15, 0.2) is 66.9 Å². The molecule has 1 saturated heterocycles. The van der Waals surface area contributed by atoms with Gasteiger partial charge in [-0.1, -0.05) is 29.8 Å². The number of fused-ring (bicyclic) bond motifs is 1. The minimum absolute atomic E-state index is 0.0141. The second-order valence-electron chi connectivity index (χ2n) is 9.32. The Morgan fingerprint density at radius 1 is 1.14 bits per heavy atom. The molecule has 3 heterocycles. The van der Waals surface area contributed by atoms with Crippen LogP contribution in [0.4, 0.5) is 14.6 Å². The number of alkyl halides is 2. The Bertz CT molecular complexity index is 1370. The van der Waals surface area contributed by atoms with Gasteiger partial charge in [-0.15, -0.1) is 0 Å². The van der Waals surface area contributed by atoms with Gasteiger partial charge in [-0.05, 0) is 65.6 Å². The van der Waals surface area contributed by atoms with Crippen molar-refractivity contribution in [3.63, 3.8) is 0 Å². The average molecular weight is 524 g/mol. The number of hydrogen-bond donors (Lipinski definition) is 1. The van der Waals surface area contributed by atoms with E-state index in [-0.39, 0.29) is 11.9 Å². The molecule has 1 unspecified atom stereocenters. The Kier molecular flexibility index (Phi) is 6.69. The molecule has 1 fully saturated rings. The van der Waals surface area contributed by atoms with Gasteiger partial charge in [0.25, 0.3) is 11.8 Å². The van der Waals surface area contributed by atoms with Crippen LogP contribution in [-0.4, -0.2) is 46.7 Å². The molecule has 0 saturated carbocycles. The lowest BCUT2D eigenvalue weighted by Gasteiger charge is -2.38. The zero-order valence-electron chi connectivity index (χ0n) is 19.8. The van der Waals surface area contributed by atoms with Gasteiger partial charge in [0.05, 0.1) is 18.1 Å². The number of carbonyl (C=O) groups excluding carboxylic acids is 2. The Balaban J connectivity index is 1.20. The lowest BCUT2D eigenvalue weighted by molar-refractivity contribution is -0.114. The molecule has 6 nitrogen and oxygen atoms in total. The molecule has 37 heavy (non-hydrogen) atoms. The summed E-state index contributed by atoms with van der Waals surface area (Å²) in [7, 11) is 0. The van der Waals surface area contributed by atoms with E-state index >= 15 is 0 Å². The number of ketones is 1. The van der Waals surface area contributed by atoms with Crippen molar-refractivity contribution in [3.05, 3.63) is 88.6 Å². The van der Waals surface area contributed by atoms with Gasteiger partial charge in [-0.3, -0.25) is 9.59 Å². The molecule has 3 aromatic rings. The highest BCUT2D eigenvalue weighted by molar-refractivity contribution is 6.32. The van der Waals surface area contributed by atoms with E-state index in [1.807, 2.05) is 12.1 Å². The van der Waals surface area contributed by atoms with E-state index in [1.54, 1.807) is 54.7 Å². The summed E-state index contributed by atoms with van der Waals surface area (Å²) in [5.74, 6) is -2.19. The minimum Gasteiger partial charge on any atom is -0.484 e. The van der Waals surface area contributed by atoms with Gasteiger partial charge in [-0.2, -0.15) is 0 Å². The van der Waals surface area contributed by atoms with Crippen LogP contribution in [0.5, 0.6) is 5.75 Å². The number of halogens is 3. The summed E-state index contributed by atoms with van der Waals surface area (Å²) < 4.78 is 32.1. The van der Waals surface area contributed by atoms with E-state index in [9.17, 15) is 18.4 Å². The number of aromatic nitrogens is 1. The highest BCUT2D eigenvalue weighted by atomic mass is 35.5. The van der Waals surface area contributed by atoms with Gasteiger partial charge < -0.3 is 15.4 Å². The normalized spacial score (nSPS) is 17.8. The molecule has 0 spiro atoms. The number of nitrogens with zero attached hydrogens (tertiary/aromatic N) is 2. The highest BCUT2D eigenvalue weighted by Crippen LogP contribution is 2.40. The largest absolute Gasteiger partial charge is 0.484 e. The predicted octanol–water partition coefficient (Wildman–Crippen LogP) is 5.14. The Morgan fingerprint density at radius 3 is 2.57 bits per heavy atom. The van der Waals surface area contributed by atoms with Crippen LogP contribution in [0.3, 0.4) is 0 Å². The molecule has 190 valence electrons. The molecule has 2 N–H and O–H groups in total. The van der Waals surface area contributed by atoms with Gasteiger partial charge in [-0.25, -0.2) is 13.8 Å². The topological polar surface area (TPSA) is 85.5 Å². The van der Waals surface area contributed by atoms with Crippen molar-refractivity contribution in [1.82, 2.24) is 9.88 Å². The molecule has 1 amide bonds. The molecular weight excluding hydrogens is 500 g/mol. The first-order valence-corrected chi connectivity index (χ1v) is 12.2. The van der Waals surface area contributed by atoms with Crippen LogP contribution in [0.1, 0.15) is 27.9 Å². The summed E-state index contributed by atoms with van der Waals surface area (Å²) in [5, 5.41) is 0.452. The quantitative estimate of drug-likeness (QED) is 0.434. The summed E-state index contributed by atoms with van der Waals surface area (Å²) in [6.45, 7) is -1.09. The third-order valence-corrected chi connectivity index (χ3v) is 6.69. The van der Waals surface area contributed by atoms with Gasteiger partial charge >= 0.3 is 0 Å². The number of anilines is 1. The lowest BCUT2D eigenvalue weighted by atomic mass is 9.99. The van der Waals surface area contributed by atoms with Gasteiger partial charge in [0.1, 0.15) is 17.7 Å². The van der Waals surface area contributed by atoms with Crippen LogP contribution < -0.4 is 10.5 Å². The van der Waals surface area contributed by atoms with E-state index in [0.717, 1.165) is 27.2 Å². The van der Waals surface area contributed by atoms with Gasteiger partial charge in [0, 0.05) is 30.2 Å². The number of pyridine rings is 1. The summed E-state index contributed by atoms with van der Waals surface area (Å²) >= 11 is 6.50. The number of carbonyl (C=O) groups is 2. The second kappa shape index (κ2) is 9.94. The number of hydrogen-bond acceptors (Lipinski definition) is 5. The number of amides is 1. The molecule has 5 rings (SSSR count). The number of rotatable bonds is 7. The van der Waals surface area contributed by atoms with Gasteiger partial charge in [0.15, 0.2) is 5.78 Å². The van der Waals surface area contributed by atoms with Crippen LogP contribution in [0.25, 0.3) is 11.1 Å². The molecule has 0 bridgehead atoms. The van der Waals surface area contributed by atoms with Crippen LogP contribution in [0.2, 0.25) is 5.02 Å². The van der Waals surface area contributed by atoms with E-state index in [0.29, 0.717) is 41.4 Å². The van der Waals surface area contributed by atoms with Crippen molar-refractivity contribution in [3.8, 4) is 16.9 Å². The Labute approximate surface area is 217 Å². The summed E-state index contributed by atoms with van der Waals surface area (Å²) in [6, 6.07) is 14.1. The van der Waals surface area contributed by atoms with E-state index < -0.39 is 24.9 Å². The smallest absolute Gasteiger partial charge is 0.282 e. The number of aryl methyl sites for hydroxylation is 1. The van der Waals surface area contributed by atoms with Crippen LogP contribution in [0, 0.1) is 0 Å². The fraction of sp³-hybridized carbons (Fsp3) is 0.250. The second-order valence-corrected chi connectivity index (χ2v) is 9.73. The standard InChI is InChI=1S/C28H24ClF2N3O3/c29-24-13-20(18-3-5-19(6-4-18)27(36)34-15-28(30,31)16-34)11-21-12-23(37-26(21)24)9-8-22(35)7-1-17-2-10-25(32)33-14-17/h2-6,8-11,13-14,23H,1,7,12,15-16H2,(H2,32,33)/b9-8+. The Morgan fingerprint density at radius 2 is 1.89 bits per heavy atom. The first kappa shape index (κ1) is 24.9. The molecule has 9 heteroatoms. The summed E-state index contributed by atoms with van der Waals surface area (Å²) in [4.78, 5) is 29.8. The van der Waals surface area contributed by atoms with E-state index in [4.69, 9.17) is 22.1 Å². The maximum atomic E-state index is 13.1. The molecule has 1 aromatic heterocycles. The predicted molar refractivity (Wildman–Crippen MR) is 137 cm³/mol. The number of allylic oxidation sites excluding steroid dienone is 1. The van der Waals surface area contributed by atoms with Crippen molar-refractivity contribution in [2.45, 2.75) is 31.3 Å². The van der Waals surface area contributed by atoms with E-state index in [2.05, 4.69) is 4.98 Å². The first-order chi connectivity index (χ1) is 17.7. The molecule has 2 aromatic carbocycles. The van der Waals surface area contributed by atoms with Gasteiger partial charge in [0.2, 0.25) is 0 Å². The fourth-order valence-corrected chi connectivity index (χ4v) is 4.69. The van der Waals surface area contributed by atoms with Crippen molar-refractivity contribution in [2.24, 2.45) is 0 Å². The zero-order chi connectivity index (χ0) is 26.2. The molecule has 0 radical (unpaired) electrons. The van der Waals surface area contributed by atoms with Crippen LogP contribution in [-0.2, 0) is 17.6 Å². The van der Waals surface area contributed by atoms with Crippen molar-refractivity contribution in [1.29, 1.82) is 0 Å². The number of benzene rings is 2. The highest BCUT2D eigenvalue weighted by Gasteiger charge is 2.46. The average Bonchev–Trinajstić information content (AvgIpc) is 3.29. The molecule has 2 aliphatic heterocycles. The number of nitrogens with two attached hydrogens (primary N) is 1. The number of ether oxygens (including phenoxy) is 1. The third kappa shape index (κ3) is 5.64. The van der Waals surface area contributed by atoms with E-state index in [1.165, 1.54) is 0 Å². The fourth-order valence-electron chi connectivity index (χ4n) is 4.41. The lowest BCUT2D eigenvalue weighted by Crippen LogP contribution is -2.58. The SMILES string of the molecule is Nc1ccc(CCC(=O)/C=C/C2Cc3cc(-c4ccc(C(=O)N5CC(F)(F)C5)cc4)cc(Cl)c3O2)cn1. The molecular formula is C28H24ClF2N3O3. The van der Waals surface area contributed by atoms with Crippen molar-refractivity contribution in [2.75, 3.05) is 18.8 Å². The third-order valence-electron chi connectivity index (χ3n) is 6.41. The minimum atomic E-state index is -2.80. The van der Waals surface area contributed by atoms with Crippen molar-refractivity contribution < 1.29 is 23.1 Å². The monoisotopic (exact) mass is 523 g/mol. The summed E-state index contributed by atoms with van der Waals surface area (Å²) in [6.07, 6.45) is 6.15. The number of likely N-dealkylation sites (tertiary alicyclic amines) is 1. The maximum absolute atomic E-state index is 13.1. The van der Waals surface area contributed by atoms with Crippen molar-refractivity contribution >= 4 is 29.1 Å². The summed E-state index contributed by atoms with van der Waals surface area (Å²) in [5.41, 5.74) is 9.48. The Hall–Kier alpha value is -3.78. The van der Waals surface area contributed by atoms with Crippen LogP contribution >= 0.6 is 11.6 Å².